The highest BCUT2D eigenvalue weighted by atomic mass is 32.1. The predicted molar refractivity (Wildman–Crippen MR) is 195 cm³/mol. The van der Waals surface area contributed by atoms with Crippen molar-refractivity contribution < 1.29 is 24.3 Å². The smallest absolute Gasteiger partial charge is 0.360 e. The summed E-state index contributed by atoms with van der Waals surface area (Å²) in [6.45, 7) is 1.74. The maximum atomic E-state index is 13.4. The van der Waals surface area contributed by atoms with Gasteiger partial charge >= 0.3 is 11.9 Å². The van der Waals surface area contributed by atoms with E-state index in [4.69, 9.17) is 9.57 Å². The van der Waals surface area contributed by atoms with Gasteiger partial charge < -0.3 is 20.0 Å². The number of aliphatic carboxylic acids is 1. The van der Waals surface area contributed by atoms with E-state index >= 15 is 0 Å². The molecule has 0 fully saturated rings. The first-order chi connectivity index (χ1) is 24.5. The van der Waals surface area contributed by atoms with Crippen LogP contribution < -0.4 is 5.32 Å². The second-order valence-electron chi connectivity index (χ2n) is 11.4. The molecule has 8 nitrogen and oxygen atoms in total. The lowest BCUT2D eigenvalue weighted by molar-refractivity contribution is -0.161. The fraction of sp³-hybridized carbons (Fsp3) is 0.122. The molecular formula is C41H35N3O5S. The Hall–Kier alpha value is -6.06. The Bertz CT molecular complexity index is 1890. The third-order valence-corrected chi connectivity index (χ3v) is 8.97. The van der Waals surface area contributed by atoms with Gasteiger partial charge in [0, 0.05) is 5.38 Å². The summed E-state index contributed by atoms with van der Waals surface area (Å²) in [4.78, 5) is 36.2. The van der Waals surface area contributed by atoms with E-state index in [2.05, 4.69) is 15.5 Å². The molecule has 0 saturated heterocycles. The van der Waals surface area contributed by atoms with E-state index in [0.29, 0.717) is 5.13 Å². The van der Waals surface area contributed by atoms with Crippen LogP contribution in [0.4, 0.5) is 5.13 Å². The zero-order chi connectivity index (χ0) is 34.8. The standard InChI is InChI=1S/C41H35N3O5S/c1-2-35(39(47)48-37(29-18-8-3-9-19-29)30-20-10-4-11-21-30)49-44-36(38(45)46)34-28-50-40(42-34)43-41(31-22-12-5-13-23-31,32-24-14-6-15-25-32)33-26-16-7-17-27-33/h3-28,35,37H,2H2,1H3,(H,42,43)(H,45,46). The molecule has 1 unspecified atom stereocenters. The zero-order valence-electron chi connectivity index (χ0n) is 27.3. The van der Waals surface area contributed by atoms with Gasteiger partial charge in [0.15, 0.2) is 11.2 Å². The second-order valence-corrected chi connectivity index (χ2v) is 12.3. The molecule has 50 heavy (non-hydrogen) atoms. The van der Waals surface area contributed by atoms with Crippen LogP contribution in [-0.2, 0) is 24.7 Å². The lowest BCUT2D eigenvalue weighted by atomic mass is 9.77. The number of carbonyl (C=O) groups excluding carboxylic acids is 1. The van der Waals surface area contributed by atoms with Gasteiger partial charge in [-0.15, -0.1) is 11.3 Å². The van der Waals surface area contributed by atoms with Gasteiger partial charge in [0.05, 0.1) is 0 Å². The number of oxime groups is 1. The van der Waals surface area contributed by atoms with Crippen molar-refractivity contribution in [3.8, 4) is 0 Å². The van der Waals surface area contributed by atoms with Crippen LogP contribution in [0.3, 0.4) is 0 Å². The third-order valence-electron chi connectivity index (χ3n) is 8.21. The van der Waals surface area contributed by atoms with Crippen molar-refractivity contribution in [1.29, 1.82) is 0 Å². The Kier molecular flexibility index (Phi) is 10.8. The van der Waals surface area contributed by atoms with Gasteiger partial charge in [-0.05, 0) is 34.2 Å². The predicted octanol–water partition coefficient (Wildman–Crippen LogP) is 8.46. The monoisotopic (exact) mass is 681 g/mol. The topological polar surface area (TPSA) is 110 Å². The minimum absolute atomic E-state index is 0.0859. The van der Waals surface area contributed by atoms with E-state index < -0.39 is 35.4 Å². The van der Waals surface area contributed by atoms with Crippen molar-refractivity contribution in [2.75, 3.05) is 5.32 Å². The summed E-state index contributed by atoms with van der Waals surface area (Å²) in [7, 11) is 0. The molecule has 0 aliphatic rings. The number of hydrogen-bond donors (Lipinski definition) is 2. The fourth-order valence-corrected chi connectivity index (χ4v) is 6.50. The largest absolute Gasteiger partial charge is 0.476 e. The van der Waals surface area contributed by atoms with Crippen LogP contribution in [0.5, 0.6) is 0 Å². The van der Waals surface area contributed by atoms with Crippen molar-refractivity contribution in [3.63, 3.8) is 0 Å². The zero-order valence-corrected chi connectivity index (χ0v) is 28.1. The van der Waals surface area contributed by atoms with E-state index in [9.17, 15) is 14.7 Å². The van der Waals surface area contributed by atoms with Gasteiger partial charge in [-0.1, -0.05) is 164 Å². The van der Waals surface area contributed by atoms with E-state index in [1.165, 1.54) is 11.3 Å². The summed E-state index contributed by atoms with van der Waals surface area (Å²) in [6, 6.07) is 48.8. The minimum atomic E-state index is -1.35. The summed E-state index contributed by atoms with van der Waals surface area (Å²) in [5.41, 5.74) is 3.28. The molecule has 250 valence electrons. The van der Waals surface area contributed by atoms with Crippen molar-refractivity contribution >= 4 is 34.1 Å². The van der Waals surface area contributed by atoms with Crippen molar-refractivity contribution in [2.45, 2.75) is 31.1 Å². The number of hydrogen-bond acceptors (Lipinski definition) is 8. The van der Waals surface area contributed by atoms with Crippen molar-refractivity contribution in [2.24, 2.45) is 5.16 Å². The van der Waals surface area contributed by atoms with E-state index in [1.807, 2.05) is 152 Å². The average molecular weight is 682 g/mol. The Morgan fingerprint density at radius 2 is 1.18 bits per heavy atom. The number of carboxylic acid groups (broad SMARTS) is 1. The number of carbonyl (C=O) groups is 2. The maximum absolute atomic E-state index is 13.4. The van der Waals surface area contributed by atoms with Crippen LogP contribution in [0.15, 0.2) is 162 Å². The molecule has 0 spiro atoms. The summed E-state index contributed by atoms with van der Waals surface area (Å²) in [6.07, 6.45) is -1.64. The first-order valence-corrected chi connectivity index (χ1v) is 17.1. The van der Waals surface area contributed by atoms with Crippen LogP contribution in [0.2, 0.25) is 0 Å². The number of benzene rings is 5. The van der Waals surface area contributed by atoms with Gasteiger partial charge in [-0.25, -0.2) is 14.6 Å². The average Bonchev–Trinajstić information content (AvgIpc) is 3.64. The minimum Gasteiger partial charge on any atom is -0.476 e. The van der Waals surface area contributed by atoms with Gasteiger partial charge in [0.2, 0.25) is 11.8 Å². The summed E-state index contributed by atoms with van der Waals surface area (Å²) in [5, 5.41) is 19.9. The number of carboxylic acids is 1. The van der Waals surface area contributed by atoms with E-state index in [0.717, 1.165) is 27.8 Å². The van der Waals surface area contributed by atoms with Crippen LogP contribution in [0.1, 0.15) is 53.0 Å². The van der Waals surface area contributed by atoms with Gasteiger partial charge in [-0.2, -0.15) is 0 Å². The van der Waals surface area contributed by atoms with Crippen LogP contribution in [0, 0.1) is 0 Å². The summed E-state index contributed by atoms with van der Waals surface area (Å²) < 4.78 is 5.96. The molecular weight excluding hydrogens is 647 g/mol. The molecule has 1 heterocycles. The normalized spacial score (nSPS) is 12.2. The highest BCUT2D eigenvalue weighted by molar-refractivity contribution is 7.14. The molecule has 0 aliphatic heterocycles. The SMILES string of the molecule is CCC(ON=C(C(=O)O)c1csc(NC(c2ccccc2)(c2ccccc2)c2ccccc2)n1)C(=O)OC(c1ccccc1)c1ccccc1. The molecule has 5 aromatic carbocycles. The molecule has 1 atom stereocenters. The summed E-state index contributed by atoms with van der Waals surface area (Å²) >= 11 is 1.24. The molecule has 0 bridgehead atoms. The van der Waals surface area contributed by atoms with Gasteiger partial charge in [0.1, 0.15) is 11.2 Å². The second kappa shape index (κ2) is 15.9. The number of esters is 1. The quantitative estimate of drug-likeness (QED) is 0.0514. The first-order valence-electron chi connectivity index (χ1n) is 16.2. The third kappa shape index (κ3) is 7.48. The highest BCUT2D eigenvalue weighted by Gasteiger charge is 2.37. The highest BCUT2D eigenvalue weighted by Crippen LogP contribution is 2.40. The lowest BCUT2D eigenvalue weighted by Gasteiger charge is -2.36. The molecule has 9 heteroatoms. The molecule has 0 amide bonds. The first kappa shape index (κ1) is 33.8. The number of ether oxygens (including phenoxy) is 1. The van der Waals surface area contributed by atoms with Crippen molar-refractivity contribution in [1.82, 2.24) is 4.98 Å². The Labute approximate surface area is 294 Å². The molecule has 6 aromatic rings. The Balaban J connectivity index is 1.29. The molecule has 0 radical (unpaired) electrons. The number of aromatic nitrogens is 1. The Morgan fingerprint density at radius 1 is 0.740 bits per heavy atom. The molecule has 1 aromatic heterocycles. The maximum Gasteiger partial charge on any atom is 0.360 e. The van der Waals surface area contributed by atoms with Crippen molar-refractivity contribution in [3.05, 3.63) is 191 Å². The molecule has 0 saturated carbocycles. The molecule has 6 rings (SSSR count). The van der Waals surface area contributed by atoms with Crippen LogP contribution in [-0.4, -0.2) is 33.8 Å². The number of thiazole rings is 1. The number of nitrogens with one attached hydrogen (secondary N) is 1. The van der Waals surface area contributed by atoms with Crippen LogP contribution in [0.25, 0.3) is 0 Å². The lowest BCUT2D eigenvalue weighted by Crippen LogP contribution is -2.38. The molecule has 0 aliphatic carbocycles. The molecule has 2 N–H and O–H groups in total. The van der Waals surface area contributed by atoms with E-state index in [-0.39, 0.29) is 12.1 Å². The number of anilines is 1. The summed E-state index contributed by atoms with van der Waals surface area (Å²) in [5.74, 6) is -2.02. The fourth-order valence-electron chi connectivity index (χ4n) is 5.75. The van der Waals surface area contributed by atoms with Crippen LogP contribution >= 0.6 is 11.3 Å². The van der Waals surface area contributed by atoms with E-state index in [1.54, 1.807) is 12.3 Å². The number of rotatable bonds is 14. The number of nitrogens with zero attached hydrogens (tertiary/aromatic N) is 2. The van der Waals surface area contributed by atoms with Gasteiger partial charge in [0.25, 0.3) is 0 Å². The Morgan fingerprint density at radius 3 is 1.60 bits per heavy atom. The van der Waals surface area contributed by atoms with Gasteiger partial charge in [-0.3, -0.25) is 0 Å².